The molecule has 4 unspecified atom stereocenters. The number of anilines is 2. The summed E-state index contributed by atoms with van der Waals surface area (Å²) < 4.78 is 12.4. The van der Waals surface area contributed by atoms with E-state index in [0.29, 0.717) is 30.1 Å². The van der Waals surface area contributed by atoms with E-state index in [0.717, 1.165) is 53.9 Å². The van der Waals surface area contributed by atoms with Crippen molar-refractivity contribution in [3.05, 3.63) is 87.1 Å². The van der Waals surface area contributed by atoms with E-state index in [1.807, 2.05) is 38.1 Å². The summed E-state index contributed by atoms with van der Waals surface area (Å²) >= 11 is 0. The van der Waals surface area contributed by atoms with Crippen LogP contribution in [0.15, 0.2) is 42.5 Å². The third-order valence-corrected chi connectivity index (χ3v) is 8.23. The van der Waals surface area contributed by atoms with Gasteiger partial charge < -0.3 is 25.4 Å². The summed E-state index contributed by atoms with van der Waals surface area (Å²) in [4.78, 5) is 19.9. The number of carbonyl (C=O) groups excluding carboxylic acids is 1. The molecule has 4 bridgehead atoms. The van der Waals surface area contributed by atoms with Gasteiger partial charge in [0.15, 0.2) is 0 Å². The molecule has 4 atom stereocenters. The fourth-order valence-electron chi connectivity index (χ4n) is 6.42. The fraction of sp³-hybridized carbons (Fsp3) is 0.379. The lowest BCUT2D eigenvalue weighted by atomic mass is 9.85. The number of aryl methyl sites for hydroxylation is 2. The number of hydrogen-bond acceptors (Lipinski definition) is 6. The molecule has 184 valence electrons. The third kappa shape index (κ3) is 3.41. The smallest absolute Gasteiger partial charge is 0.251 e. The van der Waals surface area contributed by atoms with E-state index in [4.69, 9.17) is 15.2 Å². The van der Waals surface area contributed by atoms with Crippen molar-refractivity contribution in [3.8, 4) is 0 Å². The summed E-state index contributed by atoms with van der Waals surface area (Å²) in [5, 5.41) is 3.06. The summed E-state index contributed by atoms with van der Waals surface area (Å²) in [6.07, 6.45) is 2.83. The van der Waals surface area contributed by atoms with Gasteiger partial charge in [0.1, 0.15) is 18.0 Å². The normalized spacial score (nSPS) is 25.1. The molecule has 2 fully saturated rings. The van der Waals surface area contributed by atoms with Crippen molar-refractivity contribution < 1.29 is 14.3 Å². The van der Waals surface area contributed by atoms with Gasteiger partial charge in [0.05, 0.1) is 12.2 Å². The second-order valence-corrected chi connectivity index (χ2v) is 10.5. The number of morpholine rings is 1. The Hall–Kier alpha value is -3.42. The molecule has 2 aromatic carbocycles. The first kappa shape index (κ1) is 21.8. The molecule has 3 aromatic rings. The van der Waals surface area contributed by atoms with E-state index in [1.54, 1.807) is 0 Å². The molecule has 4 aliphatic rings. The van der Waals surface area contributed by atoms with Crippen LogP contribution in [0.5, 0.6) is 0 Å². The summed E-state index contributed by atoms with van der Waals surface area (Å²) in [6.45, 7) is 6.23. The van der Waals surface area contributed by atoms with Gasteiger partial charge >= 0.3 is 0 Å². The number of benzene rings is 2. The van der Waals surface area contributed by atoms with E-state index in [9.17, 15) is 4.79 Å². The zero-order valence-electron chi connectivity index (χ0n) is 20.6. The second-order valence-electron chi connectivity index (χ2n) is 10.5. The van der Waals surface area contributed by atoms with Gasteiger partial charge in [-0.25, -0.2) is 4.98 Å². The van der Waals surface area contributed by atoms with E-state index in [1.165, 1.54) is 16.8 Å². The summed E-state index contributed by atoms with van der Waals surface area (Å²) in [5.41, 5.74) is 15.3. The summed E-state index contributed by atoms with van der Waals surface area (Å²) in [5.74, 6) is 0.395. The van der Waals surface area contributed by atoms with Gasteiger partial charge in [-0.1, -0.05) is 12.1 Å². The summed E-state index contributed by atoms with van der Waals surface area (Å²) in [6, 6.07) is 14.5. The van der Waals surface area contributed by atoms with Gasteiger partial charge in [-0.3, -0.25) is 4.79 Å². The van der Waals surface area contributed by atoms with Crippen molar-refractivity contribution in [3.63, 3.8) is 0 Å². The van der Waals surface area contributed by atoms with Crippen molar-refractivity contribution in [2.45, 2.75) is 57.6 Å². The number of fused-ring (bicyclic) bond motifs is 10. The van der Waals surface area contributed by atoms with E-state index >= 15 is 0 Å². The van der Waals surface area contributed by atoms with Crippen LogP contribution in [0, 0.1) is 13.8 Å². The molecule has 1 amide bonds. The molecular weight excluding hydrogens is 452 g/mol. The quantitative estimate of drug-likeness (QED) is 0.582. The number of amides is 1. The first-order chi connectivity index (χ1) is 17.4. The molecule has 3 N–H and O–H groups in total. The highest BCUT2D eigenvalue weighted by atomic mass is 16.5. The van der Waals surface area contributed by atoms with Crippen LogP contribution in [0.3, 0.4) is 0 Å². The monoisotopic (exact) mass is 482 g/mol. The number of nitrogens with two attached hydrogens (primary N) is 1. The molecule has 7 rings (SSSR count). The fourth-order valence-corrected chi connectivity index (χ4v) is 6.42. The van der Waals surface area contributed by atoms with E-state index in [2.05, 4.69) is 33.4 Å². The Morgan fingerprint density at radius 1 is 0.972 bits per heavy atom. The van der Waals surface area contributed by atoms with Crippen LogP contribution in [0.1, 0.15) is 74.5 Å². The average Bonchev–Trinajstić information content (AvgIpc) is 3.54. The Kier molecular flexibility index (Phi) is 4.88. The van der Waals surface area contributed by atoms with Crippen molar-refractivity contribution in [2.75, 3.05) is 23.7 Å². The van der Waals surface area contributed by atoms with Crippen molar-refractivity contribution in [1.82, 2.24) is 10.3 Å². The molecule has 36 heavy (non-hydrogen) atoms. The number of pyridine rings is 1. The number of nitrogens with one attached hydrogen (secondary N) is 1. The summed E-state index contributed by atoms with van der Waals surface area (Å²) in [7, 11) is 0. The Bertz CT molecular complexity index is 1370. The van der Waals surface area contributed by atoms with Crippen molar-refractivity contribution in [1.29, 1.82) is 0 Å². The number of rotatable bonds is 4. The van der Waals surface area contributed by atoms with Gasteiger partial charge in [0.2, 0.25) is 0 Å². The standard InChI is InChI=1S/C29H30N4O3/c1-15-9-26(30)32-16(2)25(15)12-31-29(34)17-3-7-21-23(10-17)28-24-11-18(4-8-22(24)27(21)36-28)33-13-19-5-6-20(14-33)35-19/h3-4,7-11,19-20,27-28H,5-6,12-14H2,1-2H3,(H2,30,32)(H,31,34). The molecule has 5 heterocycles. The molecule has 1 aromatic heterocycles. The Balaban J connectivity index is 1.12. The molecule has 0 radical (unpaired) electrons. The highest BCUT2D eigenvalue weighted by molar-refractivity contribution is 5.94. The number of hydrogen-bond donors (Lipinski definition) is 2. The molecule has 0 spiro atoms. The SMILES string of the molecule is Cc1cc(N)nc(C)c1CNC(=O)c1ccc2c(c1)C1OC2c2ccc(N3CC4CCC(C3)O4)cc21. The maximum atomic E-state index is 13.1. The van der Waals surface area contributed by atoms with E-state index in [-0.39, 0.29) is 18.1 Å². The first-order valence-corrected chi connectivity index (χ1v) is 12.8. The van der Waals surface area contributed by atoms with Crippen molar-refractivity contribution in [2.24, 2.45) is 0 Å². The molecule has 0 saturated carbocycles. The average molecular weight is 483 g/mol. The van der Waals surface area contributed by atoms with Crippen LogP contribution in [0.25, 0.3) is 0 Å². The third-order valence-electron chi connectivity index (χ3n) is 8.23. The number of nitrogen functional groups attached to an aromatic ring is 1. The zero-order valence-corrected chi connectivity index (χ0v) is 20.6. The minimum atomic E-state index is -0.128. The maximum absolute atomic E-state index is 13.1. The van der Waals surface area contributed by atoms with Crippen LogP contribution in [0.4, 0.5) is 11.5 Å². The molecule has 0 aliphatic carbocycles. The Morgan fingerprint density at radius 3 is 2.42 bits per heavy atom. The number of nitrogens with zero attached hydrogens (tertiary/aromatic N) is 2. The lowest BCUT2D eigenvalue weighted by molar-refractivity contribution is 0.0305. The van der Waals surface area contributed by atoms with Gasteiger partial charge in [-0.2, -0.15) is 0 Å². The number of carbonyl (C=O) groups is 1. The Morgan fingerprint density at radius 2 is 1.67 bits per heavy atom. The minimum absolute atomic E-state index is 0.0572. The molecule has 7 nitrogen and oxygen atoms in total. The van der Waals surface area contributed by atoms with Gasteiger partial charge in [-0.05, 0) is 90.4 Å². The lowest BCUT2D eigenvalue weighted by Gasteiger charge is -2.34. The van der Waals surface area contributed by atoms with Crippen LogP contribution in [0.2, 0.25) is 0 Å². The minimum Gasteiger partial charge on any atom is -0.384 e. The predicted molar refractivity (Wildman–Crippen MR) is 137 cm³/mol. The van der Waals surface area contributed by atoms with Crippen molar-refractivity contribution >= 4 is 17.4 Å². The van der Waals surface area contributed by atoms with Gasteiger partial charge in [-0.15, -0.1) is 0 Å². The maximum Gasteiger partial charge on any atom is 0.251 e. The largest absolute Gasteiger partial charge is 0.384 e. The molecular formula is C29H30N4O3. The van der Waals surface area contributed by atoms with E-state index < -0.39 is 0 Å². The highest BCUT2D eigenvalue weighted by Gasteiger charge is 2.43. The first-order valence-electron chi connectivity index (χ1n) is 12.8. The molecule has 2 saturated heterocycles. The van der Waals surface area contributed by atoms with Crippen LogP contribution < -0.4 is 16.0 Å². The Labute approximate surface area is 210 Å². The van der Waals surface area contributed by atoms with Crippen LogP contribution in [-0.2, 0) is 16.0 Å². The lowest BCUT2D eigenvalue weighted by Crippen LogP contribution is -2.42. The number of aromatic nitrogens is 1. The number of ether oxygens (including phenoxy) is 2. The second kappa shape index (κ2) is 8.05. The van der Waals surface area contributed by atoms with Gasteiger partial charge in [0.25, 0.3) is 5.91 Å². The zero-order chi connectivity index (χ0) is 24.6. The molecule has 7 heteroatoms. The van der Waals surface area contributed by atoms with Crippen LogP contribution >= 0.6 is 0 Å². The predicted octanol–water partition coefficient (Wildman–Crippen LogP) is 4.10. The molecule has 4 aliphatic heterocycles. The van der Waals surface area contributed by atoms with Gasteiger partial charge in [0, 0.05) is 36.6 Å². The topological polar surface area (TPSA) is 89.7 Å². The van der Waals surface area contributed by atoms with Crippen LogP contribution in [-0.4, -0.2) is 36.2 Å². The highest BCUT2D eigenvalue weighted by Crippen LogP contribution is 2.55.